The highest BCUT2D eigenvalue weighted by Crippen LogP contribution is 2.46. The van der Waals surface area contributed by atoms with E-state index in [0.717, 1.165) is 0 Å². The summed E-state index contributed by atoms with van der Waals surface area (Å²) in [5.74, 6) is 0.953. The maximum absolute atomic E-state index is 2.36. The Hall–Kier alpha value is -2.08. The van der Waals surface area contributed by atoms with Gasteiger partial charge in [0.15, 0.2) is 0 Å². The van der Waals surface area contributed by atoms with Crippen molar-refractivity contribution >= 4 is 10.8 Å². The van der Waals surface area contributed by atoms with Crippen molar-refractivity contribution in [2.75, 3.05) is 0 Å². The van der Waals surface area contributed by atoms with E-state index in [2.05, 4.69) is 75.4 Å². The number of hydrogen-bond donors (Lipinski definition) is 0. The quantitative estimate of drug-likeness (QED) is 0.487. The van der Waals surface area contributed by atoms with Gasteiger partial charge in [0, 0.05) is 11.8 Å². The smallest absolute Gasteiger partial charge is 0.00756 e. The van der Waals surface area contributed by atoms with Gasteiger partial charge in [-0.05, 0) is 45.5 Å². The van der Waals surface area contributed by atoms with Crippen molar-refractivity contribution in [2.45, 2.75) is 32.6 Å². The minimum Gasteiger partial charge on any atom is -0.0617 e. The molecule has 0 spiro atoms. The fourth-order valence-electron chi connectivity index (χ4n) is 4.16. The van der Waals surface area contributed by atoms with Crippen LogP contribution >= 0.6 is 0 Å². The topological polar surface area (TPSA) is 0 Å². The van der Waals surface area contributed by atoms with E-state index >= 15 is 0 Å². The van der Waals surface area contributed by atoms with Crippen LogP contribution in [0.25, 0.3) is 10.8 Å². The fourth-order valence-corrected chi connectivity index (χ4v) is 4.16. The molecule has 1 aliphatic rings. The van der Waals surface area contributed by atoms with Gasteiger partial charge in [0.2, 0.25) is 0 Å². The summed E-state index contributed by atoms with van der Waals surface area (Å²) in [6, 6.07) is 20.2. The van der Waals surface area contributed by atoms with E-state index in [4.69, 9.17) is 0 Å². The molecular formula is C21H20. The average Bonchev–Trinajstić information content (AvgIpc) is 2.51. The first-order chi connectivity index (χ1) is 10.2. The van der Waals surface area contributed by atoms with Gasteiger partial charge < -0.3 is 0 Å². The van der Waals surface area contributed by atoms with Gasteiger partial charge in [-0.15, -0.1) is 0 Å². The monoisotopic (exact) mass is 272 g/mol. The van der Waals surface area contributed by atoms with Crippen LogP contribution in [0.4, 0.5) is 0 Å². The molecule has 0 aromatic heterocycles. The molecule has 2 atom stereocenters. The van der Waals surface area contributed by atoms with Gasteiger partial charge in [-0.2, -0.15) is 0 Å². The third kappa shape index (κ3) is 1.68. The molecule has 3 aromatic carbocycles. The summed E-state index contributed by atoms with van der Waals surface area (Å²) >= 11 is 0. The van der Waals surface area contributed by atoms with Gasteiger partial charge in [0.05, 0.1) is 0 Å². The van der Waals surface area contributed by atoms with E-state index < -0.39 is 0 Å². The van der Waals surface area contributed by atoms with Gasteiger partial charge in [-0.3, -0.25) is 0 Å². The number of benzene rings is 3. The van der Waals surface area contributed by atoms with Gasteiger partial charge in [-0.1, -0.05) is 68.4 Å². The van der Waals surface area contributed by atoms with Crippen LogP contribution < -0.4 is 0 Å². The molecule has 4 rings (SSSR count). The van der Waals surface area contributed by atoms with Gasteiger partial charge in [0.1, 0.15) is 0 Å². The van der Waals surface area contributed by atoms with E-state index in [-0.39, 0.29) is 0 Å². The highest BCUT2D eigenvalue weighted by Gasteiger charge is 2.29. The van der Waals surface area contributed by atoms with Crippen LogP contribution in [0, 0.1) is 6.92 Å². The van der Waals surface area contributed by atoms with Crippen molar-refractivity contribution in [3.8, 4) is 0 Å². The summed E-state index contributed by atoms with van der Waals surface area (Å²) in [5.41, 5.74) is 7.49. The lowest BCUT2D eigenvalue weighted by molar-refractivity contribution is 0.772. The molecule has 21 heavy (non-hydrogen) atoms. The summed E-state index contributed by atoms with van der Waals surface area (Å²) in [7, 11) is 0. The molecule has 0 nitrogen and oxygen atoms in total. The van der Waals surface area contributed by atoms with Crippen LogP contribution in [0.2, 0.25) is 0 Å². The predicted octanol–water partition coefficient (Wildman–Crippen LogP) is 5.77. The number of aryl methyl sites for hydroxylation is 1. The largest absolute Gasteiger partial charge is 0.0617 e. The lowest BCUT2D eigenvalue weighted by Crippen LogP contribution is -2.16. The highest BCUT2D eigenvalue weighted by atomic mass is 14.3. The van der Waals surface area contributed by atoms with Crippen LogP contribution in [0.15, 0.2) is 54.6 Å². The zero-order valence-electron chi connectivity index (χ0n) is 12.9. The second-order valence-corrected chi connectivity index (χ2v) is 6.31. The minimum atomic E-state index is 0.471. The molecule has 0 aliphatic heterocycles. The van der Waals surface area contributed by atoms with E-state index in [9.17, 15) is 0 Å². The molecule has 1 aliphatic carbocycles. The first kappa shape index (κ1) is 12.6. The Balaban J connectivity index is 2.09. The van der Waals surface area contributed by atoms with E-state index in [1.807, 2.05) is 0 Å². The lowest BCUT2D eigenvalue weighted by atomic mass is 9.71. The molecule has 104 valence electrons. The van der Waals surface area contributed by atoms with Gasteiger partial charge in [0.25, 0.3) is 0 Å². The molecule has 0 N–H and O–H groups in total. The zero-order chi connectivity index (χ0) is 14.6. The highest BCUT2D eigenvalue weighted by molar-refractivity contribution is 5.88. The summed E-state index contributed by atoms with van der Waals surface area (Å²) in [5, 5.41) is 2.77. The minimum absolute atomic E-state index is 0.471. The van der Waals surface area contributed by atoms with Crippen molar-refractivity contribution < 1.29 is 0 Å². The van der Waals surface area contributed by atoms with Crippen LogP contribution in [-0.2, 0) is 0 Å². The van der Waals surface area contributed by atoms with Crippen molar-refractivity contribution in [1.29, 1.82) is 0 Å². The Morgan fingerprint density at radius 2 is 1.43 bits per heavy atom. The molecule has 0 amide bonds. The Kier molecular flexibility index (Phi) is 2.68. The standard InChI is InChI=1S/C21H20/c1-13-7-6-10-17-14(2)18-12-11-16-8-4-5-9-19(16)21(18)15(3)20(13)17/h4-12,14-15H,1-3H3. The van der Waals surface area contributed by atoms with Crippen molar-refractivity contribution in [3.05, 3.63) is 82.4 Å². The number of rotatable bonds is 0. The van der Waals surface area contributed by atoms with Gasteiger partial charge in [-0.25, -0.2) is 0 Å². The molecule has 0 saturated carbocycles. The van der Waals surface area contributed by atoms with Gasteiger partial charge >= 0.3 is 0 Å². The molecule has 0 saturated heterocycles. The number of fused-ring (bicyclic) bond motifs is 4. The lowest BCUT2D eigenvalue weighted by Gasteiger charge is -2.33. The summed E-state index contributed by atoms with van der Waals surface area (Å²) in [6.45, 7) is 6.96. The third-order valence-corrected chi connectivity index (χ3v) is 5.16. The molecule has 0 bridgehead atoms. The molecule has 0 fully saturated rings. The van der Waals surface area contributed by atoms with E-state index in [0.29, 0.717) is 11.8 Å². The summed E-state index contributed by atoms with van der Waals surface area (Å²) in [6.07, 6.45) is 0. The Morgan fingerprint density at radius 1 is 0.667 bits per heavy atom. The maximum atomic E-state index is 2.36. The maximum Gasteiger partial charge on any atom is 0.00756 e. The Labute approximate surface area is 126 Å². The molecule has 3 aromatic rings. The van der Waals surface area contributed by atoms with Crippen molar-refractivity contribution in [3.63, 3.8) is 0 Å². The normalized spacial score (nSPS) is 20.1. The predicted molar refractivity (Wildman–Crippen MR) is 90.2 cm³/mol. The molecule has 0 heterocycles. The second-order valence-electron chi connectivity index (χ2n) is 6.31. The zero-order valence-corrected chi connectivity index (χ0v) is 12.9. The van der Waals surface area contributed by atoms with Crippen LogP contribution in [-0.4, -0.2) is 0 Å². The first-order valence-corrected chi connectivity index (χ1v) is 7.79. The van der Waals surface area contributed by atoms with Crippen molar-refractivity contribution in [1.82, 2.24) is 0 Å². The first-order valence-electron chi connectivity index (χ1n) is 7.79. The van der Waals surface area contributed by atoms with Crippen LogP contribution in [0.1, 0.15) is 53.5 Å². The molecular weight excluding hydrogens is 252 g/mol. The Morgan fingerprint density at radius 3 is 2.29 bits per heavy atom. The van der Waals surface area contributed by atoms with Crippen LogP contribution in [0.3, 0.4) is 0 Å². The number of hydrogen-bond acceptors (Lipinski definition) is 0. The SMILES string of the molecule is Cc1cccc2c1C(C)c1c(ccc3ccccc13)C2C. The average molecular weight is 272 g/mol. The molecule has 0 heteroatoms. The Bertz CT molecular complexity index is 842. The van der Waals surface area contributed by atoms with Crippen molar-refractivity contribution in [2.24, 2.45) is 0 Å². The molecule has 0 radical (unpaired) electrons. The summed E-state index contributed by atoms with van der Waals surface area (Å²) in [4.78, 5) is 0. The fraction of sp³-hybridized carbons (Fsp3) is 0.238. The third-order valence-electron chi connectivity index (χ3n) is 5.16. The van der Waals surface area contributed by atoms with Crippen LogP contribution in [0.5, 0.6) is 0 Å². The van der Waals surface area contributed by atoms with E-state index in [1.54, 1.807) is 0 Å². The van der Waals surface area contributed by atoms with E-state index in [1.165, 1.54) is 38.6 Å². The second kappa shape index (κ2) is 4.46. The molecule has 2 unspecified atom stereocenters. The summed E-state index contributed by atoms with van der Waals surface area (Å²) < 4.78 is 0.